The second-order valence-corrected chi connectivity index (χ2v) is 7.02. The molecule has 0 saturated carbocycles. The molecule has 11 heteroatoms. The van der Waals surface area contributed by atoms with Gasteiger partial charge >= 0.3 is 11.9 Å². The van der Waals surface area contributed by atoms with Gasteiger partial charge in [0, 0.05) is 23.0 Å². The number of ether oxygens (including phenoxy) is 4. The Labute approximate surface area is 189 Å². The summed E-state index contributed by atoms with van der Waals surface area (Å²) in [6.45, 7) is 0.473. The van der Waals surface area contributed by atoms with Crippen LogP contribution in [0.1, 0.15) is 18.4 Å². The molecule has 8 nitrogen and oxygen atoms in total. The molecule has 1 aromatic rings. The minimum atomic E-state index is -1.47. The maximum atomic E-state index is 15.4. The summed E-state index contributed by atoms with van der Waals surface area (Å²) in [5.74, 6) is -5.76. The fourth-order valence-corrected chi connectivity index (χ4v) is 3.74. The lowest BCUT2D eigenvalue weighted by atomic mass is 9.75. The number of methoxy groups -OCH3 is 2. The number of hydrogen-bond acceptors (Lipinski definition) is 8. The molecular formula is C21H25ClF2N2O6. The smallest absolute Gasteiger partial charge is 0.336 e. The minimum absolute atomic E-state index is 0.0110. The zero-order valence-corrected chi connectivity index (χ0v) is 18.7. The van der Waals surface area contributed by atoms with Gasteiger partial charge in [-0.2, -0.15) is 0 Å². The van der Waals surface area contributed by atoms with Crippen LogP contribution in [0.3, 0.4) is 0 Å². The largest absolute Gasteiger partial charge is 0.494 e. The number of halogens is 3. The number of nitrogens with zero attached hydrogens (tertiary/aromatic N) is 1. The van der Waals surface area contributed by atoms with E-state index in [1.165, 1.54) is 19.2 Å². The van der Waals surface area contributed by atoms with Crippen LogP contribution in [0.4, 0.5) is 8.78 Å². The van der Waals surface area contributed by atoms with E-state index in [0.717, 1.165) is 7.11 Å². The van der Waals surface area contributed by atoms with Crippen LogP contribution < -0.4 is 10.5 Å². The van der Waals surface area contributed by atoms with Crippen molar-refractivity contribution in [3.63, 3.8) is 0 Å². The van der Waals surface area contributed by atoms with Crippen LogP contribution in [0.25, 0.3) is 0 Å². The minimum Gasteiger partial charge on any atom is -0.494 e. The predicted octanol–water partition coefficient (Wildman–Crippen LogP) is 2.58. The first-order chi connectivity index (χ1) is 15.4. The zero-order valence-electron chi connectivity index (χ0n) is 18.0. The Hall–Kier alpha value is -2.56. The molecule has 2 rings (SSSR count). The van der Waals surface area contributed by atoms with Crippen LogP contribution in [-0.4, -0.2) is 64.9 Å². The normalized spacial score (nSPS) is 18.3. The number of benzene rings is 1. The van der Waals surface area contributed by atoms with Crippen molar-refractivity contribution in [2.24, 2.45) is 16.6 Å². The van der Waals surface area contributed by atoms with Crippen LogP contribution in [0.5, 0.6) is 5.75 Å². The van der Waals surface area contributed by atoms with Gasteiger partial charge in [-0.15, -0.1) is 0 Å². The van der Waals surface area contributed by atoms with Crippen molar-refractivity contribution in [2.45, 2.75) is 12.8 Å². The summed E-state index contributed by atoms with van der Waals surface area (Å²) in [6.07, 6.45) is 0. The second kappa shape index (κ2) is 11.9. The Morgan fingerprint density at radius 1 is 1.28 bits per heavy atom. The van der Waals surface area contributed by atoms with Gasteiger partial charge in [0.1, 0.15) is 12.6 Å². The highest BCUT2D eigenvalue weighted by molar-refractivity contribution is 6.31. The molecule has 176 valence electrons. The first-order valence-corrected chi connectivity index (χ1v) is 10.1. The van der Waals surface area contributed by atoms with E-state index in [1.807, 2.05) is 0 Å². The first kappa shape index (κ1) is 25.7. The van der Waals surface area contributed by atoms with Crippen molar-refractivity contribution in [3.8, 4) is 5.75 Å². The van der Waals surface area contributed by atoms with Gasteiger partial charge in [-0.25, -0.2) is 13.6 Å². The van der Waals surface area contributed by atoms with E-state index in [9.17, 15) is 14.0 Å². The van der Waals surface area contributed by atoms with Gasteiger partial charge in [-0.1, -0.05) is 11.6 Å². The van der Waals surface area contributed by atoms with Crippen LogP contribution in [-0.2, 0) is 23.8 Å². The predicted molar refractivity (Wildman–Crippen MR) is 113 cm³/mol. The fraction of sp³-hybridized carbons (Fsp3) is 0.476. The van der Waals surface area contributed by atoms with E-state index in [2.05, 4.69) is 4.99 Å². The zero-order chi connectivity index (χ0) is 23.8. The Bertz CT molecular complexity index is 922. The molecular weight excluding hydrogens is 450 g/mol. The van der Waals surface area contributed by atoms with E-state index < -0.39 is 36.3 Å². The number of carbonyl (C=O) groups excluding carboxylic acids is 2. The third-order valence-electron chi connectivity index (χ3n) is 4.80. The maximum Gasteiger partial charge on any atom is 0.336 e. The summed E-state index contributed by atoms with van der Waals surface area (Å²) >= 11 is 6.31. The maximum absolute atomic E-state index is 15.4. The summed E-state index contributed by atoms with van der Waals surface area (Å²) < 4.78 is 49.8. The van der Waals surface area contributed by atoms with Crippen LogP contribution >= 0.6 is 11.6 Å². The van der Waals surface area contributed by atoms with Crippen LogP contribution in [0, 0.1) is 11.7 Å². The van der Waals surface area contributed by atoms with Crippen molar-refractivity contribution in [3.05, 3.63) is 39.8 Å². The Morgan fingerprint density at radius 3 is 2.56 bits per heavy atom. The molecule has 2 atom stereocenters. The van der Waals surface area contributed by atoms with Crippen molar-refractivity contribution >= 4 is 29.3 Å². The molecule has 0 aromatic heterocycles. The Morgan fingerprint density at radius 2 is 2.00 bits per heavy atom. The lowest BCUT2D eigenvalue weighted by Crippen LogP contribution is -2.39. The SMILES string of the molecule is CCOC(=O)C1=C(COCCN)N=C(CF)C(C(=O)OC)C1c1c(Cl)ccc(OC)c1F. The number of carbonyl (C=O) groups is 2. The molecule has 0 amide bonds. The van der Waals surface area contributed by atoms with Gasteiger partial charge in [0.25, 0.3) is 0 Å². The van der Waals surface area contributed by atoms with E-state index in [1.54, 1.807) is 6.92 Å². The van der Waals surface area contributed by atoms with E-state index >= 15 is 4.39 Å². The van der Waals surface area contributed by atoms with Crippen LogP contribution in [0.2, 0.25) is 5.02 Å². The van der Waals surface area contributed by atoms with Gasteiger partial charge in [-0.05, 0) is 19.1 Å². The molecule has 0 bridgehead atoms. The quantitative estimate of drug-likeness (QED) is 0.410. The summed E-state index contributed by atoms with van der Waals surface area (Å²) in [7, 11) is 2.34. The van der Waals surface area contributed by atoms with Gasteiger partial charge in [-0.3, -0.25) is 9.79 Å². The molecule has 1 heterocycles. The number of aliphatic imine (C=N–C) groups is 1. The van der Waals surface area contributed by atoms with Gasteiger partial charge < -0.3 is 24.7 Å². The third-order valence-corrected chi connectivity index (χ3v) is 5.13. The van der Waals surface area contributed by atoms with Gasteiger partial charge in [0.15, 0.2) is 11.6 Å². The molecule has 2 unspecified atom stereocenters. The molecule has 2 N–H and O–H groups in total. The molecule has 1 aromatic carbocycles. The van der Waals surface area contributed by atoms with Crippen LogP contribution in [0.15, 0.2) is 28.4 Å². The average Bonchev–Trinajstić information content (AvgIpc) is 2.78. The van der Waals surface area contributed by atoms with Crippen molar-refractivity contribution in [2.75, 3.05) is 47.3 Å². The summed E-state index contributed by atoms with van der Waals surface area (Å²) in [6, 6.07) is 2.64. The van der Waals surface area contributed by atoms with Gasteiger partial charge in [0.05, 0.1) is 51.0 Å². The molecule has 0 fully saturated rings. The highest BCUT2D eigenvalue weighted by atomic mass is 35.5. The molecule has 0 saturated heterocycles. The van der Waals surface area contributed by atoms with Crippen molar-refractivity contribution in [1.29, 1.82) is 0 Å². The number of nitrogens with two attached hydrogens (primary N) is 1. The lowest BCUT2D eigenvalue weighted by molar-refractivity contribution is -0.144. The molecule has 0 radical (unpaired) electrons. The number of alkyl halides is 1. The number of hydrogen-bond donors (Lipinski definition) is 1. The van der Waals surface area contributed by atoms with Gasteiger partial charge in [0.2, 0.25) is 0 Å². The number of esters is 2. The average molecular weight is 475 g/mol. The van der Waals surface area contributed by atoms with Crippen molar-refractivity contribution in [1.82, 2.24) is 0 Å². The first-order valence-electron chi connectivity index (χ1n) is 9.77. The fourth-order valence-electron chi connectivity index (χ4n) is 3.47. The monoisotopic (exact) mass is 474 g/mol. The summed E-state index contributed by atoms with van der Waals surface area (Å²) in [4.78, 5) is 29.8. The molecule has 1 aliphatic heterocycles. The number of rotatable bonds is 10. The molecule has 1 aliphatic rings. The standard InChI is InChI=1S/C21H25ClF2N2O6/c1-4-32-21(28)17-13(10-31-8-7-25)26-12(9-23)16(20(27)30-3)18(17)15-11(22)5-6-14(29-2)19(15)24/h5-6,16,18H,4,7-10,25H2,1-3H3. The molecule has 0 spiro atoms. The summed E-state index contributed by atoms with van der Waals surface area (Å²) in [5, 5.41) is -0.105. The Kier molecular flexibility index (Phi) is 9.55. The van der Waals surface area contributed by atoms with E-state index in [-0.39, 0.29) is 59.7 Å². The highest BCUT2D eigenvalue weighted by Crippen LogP contribution is 2.45. The second-order valence-electron chi connectivity index (χ2n) is 6.61. The van der Waals surface area contributed by atoms with Crippen molar-refractivity contribution < 1.29 is 37.3 Å². The topological polar surface area (TPSA) is 109 Å². The Balaban J connectivity index is 2.86. The van der Waals surface area contributed by atoms with E-state index in [4.69, 9.17) is 36.3 Å². The summed E-state index contributed by atoms with van der Waals surface area (Å²) in [5.41, 5.74) is 4.72. The lowest BCUT2D eigenvalue weighted by Gasteiger charge is -2.33. The molecule has 0 aliphatic carbocycles. The van der Waals surface area contributed by atoms with E-state index in [0.29, 0.717) is 0 Å². The third kappa shape index (κ3) is 5.25. The highest BCUT2D eigenvalue weighted by Gasteiger charge is 2.46. The molecule has 32 heavy (non-hydrogen) atoms.